The molecule has 0 amide bonds. The quantitative estimate of drug-likeness (QED) is 0.499. The van der Waals surface area contributed by atoms with Crippen LogP contribution < -0.4 is 0 Å². The lowest BCUT2D eigenvalue weighted by molar-refractivity contribution is -0.285. The molecule has 1 aromatic carbocycles. The second-order valence-electron chi connectivity index (χ2n) is 8.27. The van der Waals surface area contributed by atoms with Crippen LogP contribution in [0.3, 0.4) is 0 Å². The fourth-order valence-corrected chi connectivity index (χ4v) is 4.96. The highest BCUT2D eigenvalue weighted by atomic mass is 19.3. The van der Waals surface area contributed by atoms with E-state index in [0.717, 1.165) is 31.4 Å². The van der Waals surface area contributed by atoms with Crippen molar-refractivity contribution in [2.45, 2.75) is 88.1 Å². The molecule has 0 heterocycles. The Morgan fingerprint density at radius 2 is 1.44 bits per heavy atom. The van der Waals surface area contributed by atoms with Gasteiger partial charge in [0.15, 0.2) is 0 Å². The third-order valence-electron chi connectivity index (χ3n) is 6.64. The first-order valence-corrected chi connectivity index (χ1v) is 10.2. The van der Waals surface area contributed by atoms with E-state index in [4.69, 9.17) is 0 Å². The molecule has 0 unspecified atom stereocenters. The molecule has 1 nitrogen and oxygen atoms in total. The van der Waals surface area contributed by atoms with Gasteiger partial charge in [0.1, 0.15) is 6.10 Å². The molecule has 0 bridgehead atoms. The SMILES string of the molecule is CCCC1CCC(c2ccc([C@@H]3CC[C@@H](OC)C(F)(F)C3(F)F)cc2)CC1. The molecular weight excluding hydrogens is 356 g/mol. The summed E-state index contributed by atoms with van der Waals surface area (Å²) in [7, 11) is 1.07. The highest BCUT2D eigenvalue weighted by Crippen LogP contribution is 2.54. The lowest BCUT2D eigenvalue weighted by atomic mass is 9.75. The van der Waals surface area contributed by atoms with Gasteiger partial charge in [-0.25, -0.2) is 0 Å². The predicted molar refractivity (Wildman–Crippen MR) is 98.7 cm³/mol. The van der Waals surface area contributed by atoms with Gasteiger partial charge in [0.25, 0.3) is 0 Å². The zero-order valence-electron chi connectivity index (χ0n) is 16.2. The van der Waals surface area contributed by atoms with Gasteiger partial charge in [-0.3, -0.25) is 0 Å². The summed E-state index contributed by atoms with van der Waals surface area (Å²) < 4.78 is 62.0. The normalized spacial score (nSPS) is 33.0. The fraction of sp³-hybridized carbons (Fsp3) is 0.727. The molecular formula is C22H30F4O. The molecule has 2 aliphatic carbocycles. The Morgan fingerprint density at radius 3 is 2.00 bits per heavy atom. The molecule has 152 valence electrons. The first kappa shape index (κ1) is 20.6. The standard InChI is InChI=1S/C22H30F4O/c1-3-4-15-5-7-16(8-6-15)17-9-11-18(12-10-17)19-13-14-20(27-2)22(25,26)21(19,23)24/h9-12,15-16,19-20H,3-8,13-14H2,1-2H3/t15?,16?,19-,20+/m0/s1. The predicted octanol–water partition coefficient (Wildman–Crippen LogP) is 6.92. The van der Waals surface area contributed by atoms with E-state index in [-0.39, 0.29) is 12.8 Å². The van der Waals surface area contributed by atoms with Crippen LogP contribution in [0.25, 0.3) is 0 Å². The topological polar surface area (TPSA) is 9.23 Å². The summed E-state index contributed by atoms with van der Waals surface area (Å²) in [5, 5.41) is 0. The van der Waals surface area contributed by atoms with E-state index in [0.29, 0.717) is 11.5 Å². The van der Waals surface area contributed by atoms with Crippen LogP contribution >= 0.6 is 0 Å². The molecule has 0 radical (unpaired) electrons. The van der Waals surface area contributed by atoms with E-state index < -0.39 is 23.9 Å². The van der Waals surface area contributed by atoms with Crippen LogP contribution in [0.15, 0.2) is 24.3 Å². The number of benzene rings is 1. The van der Waals surface area contributed by atoms with Crippen LogP contribution in [0.1, 0.15) is 81.3 Å². The monoisotopic (exact) mass is 386 g/mol. The van der Waals surface area contributed by atoms with Crippen LogP contribution in [-0.4, -0.2) is 25.1 Å². The first-order valence-electron chi connectivity index (χ1n) is 10.2. The van der Waals surface area contributed by atoms with Crippen LogP contribution in [-0.2, 0) is 4.74 Å². The zero-order valence-corrected chi connectivity index (χ0v) is 16.2. The van der Waals surface area contributed by atoms with Crippen molar-refractivity contribution in [3.05, 3.63) is 35.4 Å². The third kappa shape index (κ3) is 3.90. The van der Waals surface area contributed by atoms with Crippen LogP contribution in [0.5, 0.6) is 0 Å². The van der Waals surface area contributed by atoms with Crippen molar-refractivity contribution in [2.75, 3.05) is 7.11 Å². The number of alkyl halides is 4. The van der Waals surface area contributed by atoms with Crippen LogP contribution in [0.4, 0.5) is 17.6 Å². The summed E-state index contributed by atoms with van der Waals surface area (Å²) in [5.74, 6) is -8.46. The Labute approximate surface area is 159 Å². The molecule has 0 N–H and O–H groups in total. The molecule has 0 aromatic heterocycles. The second-order valence-corrected chi connectivity index (χ2v) is 8.27. The Balaban J connectivity index is 1.70. The van der Waals surface area contributed by atoms with Crippen molar-refractivity contribution in [1.29, 1.82) is 0 Å². The van der Waals surface area contributed by atoms with E-state index in [1.54, 1.807) is 12.1 Å². The van der Waals surface area contributed by atoms with Gasteiger partial charge in [-0.2, -0.15) is 17.6 Å². The van der Waals surface area contributed by atoms with Crippen molar-refractivity contribution < 1.29 is 22.3 Å². The molecule has 2 atom stereocenters. The number of hydrogen-bond donors (Lipinski definition) is 0. The molecule has 0 spiro atoms. The highest BCUT2D eigenvalue weighted by Gasteiger charge is 2.67. The van der Waals surface area contributed by atoms with Crippen molar-refractivity contribution in [3.63, 3.8) is 0 Å². The van der Waals surface area contributed by atoms with Crippen molar-refractivity contribution in [2.24, 2.45) is 5.92 Å². The van der Waals surface area contributed by atoms with Crippen molar-refractivity contribution in [3.8, 4) is 0 Å². The molecule has 2 fully saturated rings. The maximum atomic E-state index is 14.5. The van der Waals surface area contributed by atoms with E-state index in [1.165, 1.54) is 25.7 Å². The number of rotatable bonds is 5. The minimum Gasteiger partial charge on any atom is -0.375 e. The molecule has 27 heavy (non-hydrogen) atoms. The highest BCUT2D eigenvalue weighted by molar-refractivity contribution is 5.31. The van der Waals surface area contributed by atoms with Gasteiger partial charge in [0, 0.05) is 7.11 Å². The summed E-state index contributed by atoms with van der Waals surface area (Å²) in [5.41, 5.74) is 1.45. The Hall–Kier alpha value is -1.10. The van der Waals surface area contributed by atoms with Gasteiger partial charge in [-0.05, 0) is 61.5 Å². The molecule has 2 saturated carbocycles. The molecule has 3 rings (SSSR count). The largest absolute Gasteiger partial charge is 0.375 e. The first-order chi connectivity index (χ1) is 12.8. The Morgan fingerprint density at radius 1 is 0.852 bits per heavy atom. The van der Waals surface area contributed by atoms with Crippen LogP contribution in [0, 0.1) is 5.92 Å². The molecule has 5 heteroatoms. The summed E-state index contributed by atoms with van der Waals surface area (Å²) in [6.07, 6.45) is 5.38. The van der Waals surface area contributed by atoms with E-state index in [2.05, 4.69) is 11.7 Å². The smallest absolute Gasteiger partial charge is 0.336 e. The summed E-state index contributed by atoms with van der Waals surface area (Å²) in [6, 6.07) is 7.01. The molecule has 2 aliphatic rings. The van der Waals surface area contributed by atoms with Crippen molar-refractivity contribution >= 4 is 0 Å². The number of ether oxygens (including phenoxy) is 1. The maximum Gasteiger partial charge on any atom is 0.336 e. The minimum atomic E-state index is -4.15. The number of hydrogen-bond acceptors (Lipinski definition) is 1. The average molecular weight is 386 g/mol. The van der Waals surface area contributed by atoms with Crippen molar-refractivity contribution in [1.82, 2.24) is 0 Å². The van der Waals surface area contributed by atoms with E-state index >= 15 is 0 Å². The fourth-order valence-electron chi connectivity index (χ4n) is 4.96. The van der Waals surface area contributed by atoms with E-state index in [9.17, 15) is 17.6 Å². The zero-order chi connectivity index (χ0) is 19.7. The third-order valence-corrected chi connectivity index (χ3v) is 6.64. The number of methoxy groups -OCH3 is 1. The van der Waals surface area contributed by atoms with Gasteiger partial charge in [-0.1, -0.05) is 44.0 Å². The van der Waals surface area contributed by atoms with Gasteiger partial charge >= 0.3 is 11.8 Å². The van der Waals surface area contributed by atoms with E-state index in [1.807, 2.05) is 12.1 Å². The van der Waals surface area contributed by atoms with Gasteiger partial charge in [0.05, 0.1) is 5.92 Å². The number of halogens is 4. The molecule has 1 aromatic rings. The minimum absolute atomic E-state index is 0.00255. The summed E-state index contributed by atoms with van der Waals surface area (Å²) in [6.45, 7) is 2.21. The lowest BCUT2D eigenvalue weighted by Gasteiger charge is -2.42. The maximum absolute atomic E-state index is 14.5. The second kappa shape index (κ2) is 8.10. The van der Waals surface area contributed by atoms with Gasteiger partial charge in [-0.15, -0.1) is 0 Å². The average Bonchev–Trinajstić information content (AvgIpc) is 2.65. The lowest BCUT2D eigenvalue weighted by Crippen LogP contribution is -2.57. The summed E-state index contributed by atoms with van der Waals surface area (Å²) >= 11 is 0. The Bertz CT molecular complexity index is 605. The van der Waals surface area contributed by atoms with Gasteiger partial charge in [0.2, 0.25) is 0 Å². The Kier molecular flexibility index (Phi) is 6.19. The molecule has 0 saturated heterocycles. The van der Waals surface area contributed by atoms with Gasteiger partial charge < -0.3 is 4.74 Å². The summed E-state index contributed by atoms with van der Waals surface area (Å²) in [4.78, 5) is 0. The molecule has 0 aliphatic heterocycles. The van der Waals surface area contributed by atoms with Crippen LogP contribution in [0.2, 0.25) is 0 Å².